The molecule has 0 saturated carbocycles. The minimum Gasteiger partial charge on any atom is -0.397 e. The van der Waals surface area contributed by atoms with Crippen LogP contribution in [0.2, 0.25) is 0 Å². The number of hydrogen-bond acceptors (Lipinski definition) is 4. The van der Waals surface area contributed by atoms with E-state index in [0.717, 1.165) is 12.1 Å². The van der Waals surface area contributed by atoms with Crippen LogP contribution in [0.3, 0.4) is 0 Å². The van der Waals surface area contributed by atoms with Crippen molar-refractivity contribution in [3.63, 3.8) is 0 Å². The smallest absolute Gasteiger partial charge is 0.294 e. The Kier molecular flexibility index (Phi) is 2.96. The molecule has 0 aliphatic heterocycles. The molecule has 0 aliphatic rings. The summed E-state index contributed by atoms with van der Waals surface area (Å²) in [6, 6.07) is 3.52. The SMILES string of the molecule is CC(=O)Nc1cc(S(=O)(=O)O)ccc1N. The van der Waals surface area contributed by atoms with Crippen molar-refractivity contribution in [1.82, 2.24) is 0 Å². The molecule has 7 heteroatoms. The third-order valence-corrected chi connectivity index (χ3v) is 2.48. The first kappa shape index (κ1) is 11.5. The second kappa shape index (κ2) is 3.87. The fraction of sp³-hybridized carbons (Fsp3) is 0.125. The quantitative estimate of drug-likeness (QED) is 0.505. The highest BCUT2D eigenvalue weighted by Gasteiger charge is 2.12. The van der Waals surface area contributed by atoms with Crippen molar-refractivity contribution in [2.75, 3.05) is 11.1 Å². The van der Waals surface area contributed by atoms with Crippen molar-refractivity contribution in [3.05, 3.63) is 18.2 Å². The normalized spacial score (nSPS) is 11.1. The Balaban J connectivity index is 3.23. The van der Waals surface area contributed by atoms with E-state index in [1.807, 2.05) is 0 Å². The fourth-order valence-corrected chi connectivity index (χ4v) is 1.50. The highest BCUT2D eigenvalue weighted by molar-refractivity contribution is 7.85. The summed E-state index contributed by atoms with van der Waals surface area (Å²) in [6.07, 6.45) is 0. The van der Waals surface area contributed by atoms with Gasteiger partial charge in [0.05, 0.1) is 16.3 Å². The summed E-state index contributed by atoms with van der Waals surface area (Å²) >= 11 is 0. The molecular weight excluding hydrogens is 220 g/mol. The first-order chi connectivity index (χ1) is 6.80. The predicted octanol–water partition coefficient (Wildman–Crippen LogP) is 0.474. The molecule has 1 aromatic carbocycles. The van der Waals surface area contributed by atoms with E-state index < -0.39 is 10.1 Å². The zero-order valence-corrected chi connectivity index (χ0v) is 8.71. The maximum Gasteiger partial charge on any atom is 0.294 e. The van der Waals surface area contributed by atoms with Crippen molar-refractivity contribution in [1.29, 1.82) is 0 Å². The minimum absolute atomic E-state index is 0.151. The van der Waals surface area contributed by atoms with Gasteiger partial charge in [-0.2, -0.15) is 8.42 Å². The van der Waals surface area contributed by atoms with Crippen molar-refractivity contribution in [2.45, 2.75) is 11.8 Å². The lowest BCUT2D eigenvalue weighted by Crippen LogP contribution is -2.09. The van der Waals surface area contributed by atoms with Crippen molar-refractivity contribution < 1.29 is 17.8 Å². The molecule has 0 spiro atoms. The molecule has 6 nitrogen and oxygen atoms in total. The number of nitrogen functional groups attached to an aromatic ring is 1. The Morgan fingerprint density at radius 2 is 2.07 bits per heavy atom. The molecule has 0 fully saturated rings. The molecule has 4 N–H and O–H groups in total. The van der Waals surface area contributed by atoms with Crippen molar-refractivity contribution in [2.24, 2.45) is 0 Å². The molecule has 1 rings (SSSR count). The molecule has 82 valence electrons. The van der Waals surface area contributed by atoms with Crippen molar-refractivity contribution in [3.8, 4) is 0 Å². The van der Waals surface area contributed by atoms with E-state index in [2.05, 4.69) is 5.32 Å². The summed E-state index contributed by atoms with van der Waals surface area (Å²) in [5, 5.41) is 2.35. The highest BCUT2D eigenvalue weighted by atomic mass is 32.2. The number of nitrogens with one attached hydrogen (secondary N) is 1. The summed E-state index contributed by atoms with van der Waals surface area (Å²) in [7, 11) is -4.28. The number of anilines is 2. The van der Waals surface area contributed by atoms with Crippen LogP contribution >= 0.6 is 0 Å². The Hall–Kier alpha value is -1.60. The number of hydrogen-bond donors (Lipinski definition) is 3. The van der Waals surface area contributed by atoms with Crippen LogP contribution < -0.4 is 11.1 Å². The molecule has 15 heavy (non-hydrogen) atoms. The number of amides is 1. The molecule has 1 aromatic rings. The number of carbonyl (C=O) groups is 1. The Morgan fingerprint density at radius 1 is 1.47 bits per heavy atom. The predicted molar refractivity (Wildman–Crippen MR) is 55.0 cm³/mol. The lowest BCUT2D eigenvalue weighted by Gasteiger charge is -2.07. The Bertz CT molecular complexity index is 495. The summed E-state index contributed by atoms with van der Waals surface area (Å²) < 4.78 is 30.3. The largest absolute Gasteiger partial charge is 0.397 e. The molecule has 0 bridgehead atoms. The molecule has 0 unspecified atom stereocenters. The van der Waals surface area contributed by atoms with E-state index in [1.165, 1.54) is 13.0 Å². The zero-order chi connectivity index (χ0) is 11.6. The Morgan fingerprint density at radius 3 is 2.53 bits per heavy atom. The van der Waals surface area contributed by atoms with Crippen LogP contribution in [0, 0.1) is 0 Å². The van der Waals surface area contributed by atoms with Gasteiger partial charge in [-0.1, -0.05) is 0 Å². The number of nitrogens with two attached hydrogens (primary N) is 1. The van der Waals surface area contributed by atoms with Gasteiger partial charge < -0.3 is 11.1 Å². The van der Waals surface area contributed by atoms with E-state index in [1.54, 1.807) is 0 Å². The zero-order valence-electron chi connectivity index (χ0n) is 7.89. The maximum absolute atomic E-state index is 10.8. The van der Waals surface area contributed by atoms with E-state index in [-0.39, 0.29) is 22.2 Å². The number of carbonyl (C=O) groups excluding carboxylic acids is 1. The van der Waals surface area contributed by atoms with E-state index in [9.17, 15) is 13.2 Å². The van der Waals surface area contributed by atoms with E-state index in [4.69, 9.17) is 10.3 Å². The van der Waals surface area contributed by atoms with Gasteiger partial charge in [0.1, 0.15) is 0 Å². The molecule has 0 heterocycles. The van der Waals surface area contributed by atoms with Gasteiger partial charge in [-0.25, -0.2) is 0 Å². The average Bonchev–Trinajstić information content (AvgIpc) is 2.06. The lowest BCUT2D eigenvalue weighted by molar-refractivity contribution is -0.114. The maximum atomic E-state index is 10.8. The van der Waals surface area contributed by atoms with Crippen molar-refractivity contribution >= 4 is 27.4 Å². The average molecular weight is 230 g/mol. The van der Waals surface area contributed by atoms with Crippen LogP contribution in [0.25, 0.3) is 0 Å². The van der Waals surface area contributed by atoms with Gasteiger partial charge in [0, 0.05) is 6.92 Å². The second-order valence-electron chi connectivity index (χ2n) is 2.91. The van der Waals surface area contributed by atoms with Gasteiger partial charge in [-0.15, -0.1) is 0 Å². The molecule has 0 saturated heterocycles. The Labute approximate surface area is 86.8 Å². The lowest BCUT2D eigenvalue weighted by atomic mass is 10.2. The van der Waals surface area contributed by atoms with Gasteiger partial charge in [0.25, 0.3) is 10.1 Å². The summed E-state index contributed by atoms with van der Waals surface area (Å²) in [4.78, 5) is 10.4. The van der Waals surface area contributed by atoms with Crippen LogP contribution in [0.4, 0.5) is 11.4 Å². The molecule has 0 aliphatic carbocycles. The van der Waals surface area contributed by atoms with E-state index >= 15 is 0 Å². The van der Waals surface area contributed by atoms with Crippen LogP contribution in [-0.4, -0.2) is 18.9 Å². The number of benzene rings is 1. The summed E-state index contributed by atoms with van der Waals surface area (Å²) in [5.41, 5.74) is 5.86. The molecular formula is C8H10N2O4S. The van der Waals surface area contributed by atoms with Gasteiger partial charge >= 0.3 is 0 Å². The topological polar surface area (TPSA) is 109 Å². The van der Waals surface area contributed by atoms with Gasteiger partial charge in [0.15, 0.2) is 0 Å². The second-order valence-corrected chi connectivity index (χ2v) is 4.33. The summed E-state index contributed by atoms with van der Waals surface area (Å²) in [5.74, 6) is -0.380. The summed E-state index contributed by atoms with van der Waals surface area (Å²) in [6.45, 7) is 1.26. The molecule has 1 amide bonds. The van der Waals surface area contributed by atoms with Gasteiger partial charge in [-0.3, -0.25) is 9.35 Å². The van der Waals surface area contributed by atoms with E-state index in [0.29, 0.717) is 0 Å². The fourth-order valence-electron chi connectivity index (χ4n) is 0.994. The van der Waals surface area contributed by atoms with Crippen LogP contribution in [0.5, 0.6) is 0 Å². The first-order valence-corrected chi connectivity index (χ1v) is 5.39. The van der Waals surface area contributed by atoms with Crippen LogP contribution in [-0.2, 0) is 14.9 Å². The van der Waals surface area contributed by atoms with Gasteiger partial charge in [-0.05, 0) is 18.2 Å². The minimum atomic E-state index is -4.28. The molecule has 0 atom stereocenters. The highest BCUT2D eigenvalue weighted by Crippen LogP contribution is 2.22. The third-order valence-electron chi connectivity index (χ3n) is 1.63. The number of rotatable bonds is 2. The third kappa shape index (κ3) is 2.93. The van der Waals surface area contributed by atoms with Crippen LogP contribution in [0.15, 0.2) is 23.1 Å². The standard InChI is InChI=1S/C8H10N2O4S/c1-5(11)10-8-4-6(15(12,13)14)2-3-7(8)9/h2-4H,9H2,1H3,(H,10,11)(H,12,13,14). The monoisotopic (exact) mass is 230 g/mol. The molecule has 0 aromatic heterocycles. The van der Waals surface area contributed by atoms with Crippen LogP contribution in [0.1, 0.15) is 6.92 Å². The first-order valence-electron chi connectivity index (χ1n) is 3.95. The van der Waals surface area contributed by atoms with Gasteiger partial charge in [0.2, 0.25) is 5.91 Å². The molecule has 0 radical (unpaired) electrons.